The standard InChI is InChI=1S/C15H17N3O3/c1-11-8-15(9-11,10-16)14(19)17-7-6-12-2-4-13(5-3-12)18(20)21/h2-5,11H,6-9H2,1H3,(H,17,19). The fourth-order valence-electron chi connectivity index (χ4n) is 2.73. The van der Waals surface area contributed by atoms with E-state index >= 15 is 0 Å². The van der Waals surface area contributed by atoms with E-state index in [0.29, 0.717) is 31.7 Å². The van der Waals surface area contributed by atoms with Gasteiger partial charge in [-0.05, 0) is 30.7 Å². The van der Waals surface area contributed by atoms with Crippen LogP contribution in [0.5, 0.6) is 0 Å². The lowest BCUT2D eigenvalue weighted by molar-refractivity contribution is -0.384. The lowest BCUT2D eigenvalue weighted by Crippen LogP contribution is -2.48. The molecule has 21 heavy (non-hydrogen) atoms. The van der Waals surface area contributed by atoms with Gasteiger partial charge in [0, 0.05) is 18.7 Å². The van der Waals surface area contributed by atoms with Crippen LogP contribution in [0.15, 0.2) is 24.3 Å². The molecule has 6 nitrogen and oxygen atoms in total. The van der Waals surface area contributed by atoms with Gasteiger partial charge in [-0.1, -0.05) is 19.1 Å². The van der Waals surface area contributed by atoms with Crippen molar-refractivity contribution < 1.29 is 9.72 Å². The summed E-state index contributed by atoms with van der Waals surface area (Å²) in [6, 6.07) is 8.37. The molecular formula is C15H17N3O3. The van der Waals surface area contributed by atoms with Gasteiger partial charge in [0.05, 0.1) is 11.0 Å². The molecule has 0 saturated heterocycles. The molecule has 1 aromatic carbocycles. The van der Waals surface area contributed by atoms with Crippen LogP contribution in [0.25, 0.3) is 0 Å². The van der Waals surface area contributed by atoms with Crippen molar-refractivity contribution in [1.82, 2.24) is 5.32 Å². The van der Waals surface area contributed by atoms with Gasteiger partial charge in [0.2, 0.25) is 5.91 Å². The molecule has 0 aliphatic heterocycles. The largest absolute Gasteiger partial charge is 0.354 e. The van der Waals surface area contributed by atoms with E-state index in [4.69, 9.17) is 5.26 Å². The van der Waals surface area contributed by atoms with Crippen molar-refractivity contribution in [2.45, 2.75) is 26.2 Å². The zero-order valence-corrected chi connectivity index (χ0v) is 11.8. The molecule has 6 heteroatoms. The number of nitrogens with zero attached hydrogens (tertiary/aromatic N) is 2. The molecule has 1 N–H and O–H groups in total. The molecule has 1 aliphatic rings. The molecule has 0 unspecified atom stereocenters. The highest BCUT2D eigenvalue weighted by atomic mass is 16.6. The number of rotatable bonds is 5. The molecule has 0 radical (unpaired) electrons. The van der Waals surface area contributed by atoms with E-state index in [0.717, 1.165) is 5.56 Å². The minimum absolute atomic E-state index is 0.0506. The first-order chi connectivity index (χ1) is 9.97. The van der Waals surface area contributed by atoms with Crippen molar-refractivity contribution in [1.29, 1.82) is 5.26 Å². The number of nitrogens with one attached hydrogen (secondary N) is 1. The Morgan fingerprint density at radius 1 is 1.48 bits per heavy atom. The summed E-state index contributed by atoms with van der Waals surface area (Å²) < 4.78 is 0. The van der Waals surface area contributed by atoms with Crippen molar-refractivity contribution in [3.63, 3.8) is 0 Å². The van der Waals surface area contributed by atoms with Crippen LogP contribution in [0.1, 0.15) is 25.3 Å². The van der Waals surface area contributed by atoms with E-state index < -0.39 is 10.3 Å². The maximum Gasteiger partial charge on any atom is 0.269 e. The predicted octanol–water partition coefficient (Wildman–Crippen LogP) is 2.19. The zero-order valence-electron chi connectivity index (χ0n) is 11.8. The minimum atomic E-state index is -0.852. The molecule has 0 aromatic heterocycles. The highest BCUT2D eigenvalue weighted by Gasteiger charge is 2.48. The number of hydrogen-bond donors (Lipinski definition) is 1. The summed E-state index contributed by atoms with van der Waals surface area (Å²) in [5.74, 6) is 0.218. The van der Waals surface area contributed by atoms with Gasteiger partial charge in [-0.2, -0.15) is 5.26 Å². The maximum atomic E-state index is 12.0. The quantitative estimate of drug-likeness (QED) is 0.663. The second-order valence-corrected chi connectivity index (χ2v) is 5.64. The number of nitro benzene ring substituents is 1. The van der Waals surface area contributed by atoms with Crippen molar-refractivity contribution in [3.05, 3.63) is 39.9 Å². The molecular weight excluding hydrogens is 270 g/mol. The smallest absolute Gasteiger partial charge is 0.269 e. The maximum absolute atomic E-state index is 12.0. The molecule has 0 spiro atoms. The number of benzene rings is 1. The highest BCUT2D eigenvalue weighted by molar-refractivity contribution is 5.86. The van der Waals surface area contributed by atoms with Crippen LogP contribution in [0.2, 0.25) is 0 Å². The lowest BCUT2D eigenvalue weighted by atomic mass is 9.63. The third kappa shape index (κ3) is 3.19. The third-order valence-corrected chi connectivity index (χ3v) is 3.89. The Morgan fingerprint density at radius 3 is 2.57 bits per heavy atom. The van der Waals surface area contributed by atoms with Gasteiger partial charge in [0.1, 0.15) is 5.41 Å². The van der Waals surface area contributed by atoms with Crippen LogP contribution >= 0.6 is 0 Å². The molecule has 0 bridgehead atoms. The van der Waals surface area contributed by atoms with E-state index in [1.807, 2.05) is 6.92 Å². The Balaban J connectivity index is 1.83. The number of carbonyl (C=O) groups excluding carboxylic acids is 1. The van der Waals surface area contributed by atoms with Crippen molar-refractivity contribution in [2.75, 3.05) is 6.54 Å². The molecule has 1 aliphatic carbocycles. The first-order valence-corrected chi connectivity index (χ1v) is 6.90. The Hall–Kier alpha value is -2.42. The fraction of sp³-hybridized carbons (Fsp3) is 0.467. The summed E-state index contributed by atoms with van der Waals surface area (Å²) in [7, 11) is 0. The first kappa shape index (κ1) is 15.0. The van der Waals surface area contributed by atoms with E-state index in [2.05, 4.69) is 11.4 Å². The molecule has 0 heterocycles. The summed E-state index contributed by atoms with van der Waals surface area (Å²) in [6.07, 6.45) is 1.82. The number of hydrogen-bond acceptors (Lipinski definition) is 4. The monoisotopic (exact) mass is 287 g/mol. The van der Waals surface area contributed by atoms with Crippen molar-refractivity contribution in [2.24, 2.45) is 11.3 Å². The second kappa shape index (κ2) is 5.92. The summed E-state index contributed by atoms with van der Waals surface area (Å²) in [5, 5.41) is 22.5. The van der Waals surface area contributed by atoms with Crippen LogP contribution < -0.4 is 5.32 Å². The SMILES string of the molecule is CC1CC(C#N)(C(=O)NCCc2ccc([N+](=O)[O-])cc2)C1. The molecule has 1 amide bonds. The third-order valence-electron chi connectivity index (χ3n) is 3.89. The van der Waals surface area contributed by atoms with E-state index in [1.54, 1.807) is 12.1 Å². The van der Waals surface area contributed by atoms with Crippen molar-refractivity contribution in [3.8, 4) is 6.07 Å². The molecule has 2 rings (SSSR count). The Bertz CT molecular complexity index is 583. The predicted molar refractivity (Wildman–Crippen MR) is 76.3 cm³/mol. The zero-order chi connectivity index (χ0) is 15.5. The van der Waals surface area contributed by atoms with Gasteiger partial charge in [0.15, 0.2) is 0 Å². The van der Waals surface area contributed by atoms with Crippen LogP contribution in [0.4, 0.5) is 5.69 Å². The molecule has 1 saturated carbocycles. The Morgan fingerprint density at radius 2 is 2.10 bits per heavy atom. The Kier molecular flexibility index (Phi) is 4.22. The summed E-state index contributed by atoms with van der Waals surface area (Å²) >= 11 is 0. The van der Waals surface area contributed by atoms with Gasteiger partial charge in [-0.25, -0.2) is 0 Å². The number of amides is 1. The van der Waals surface area contributed by atoms with Crippen LogP contribution in [0.3, 0.4) is 0 Å². The molecule has 110 valence electrons. The van der Waals surface area contributed by atoms with E-state index in [-0.39, 0.29) is 11.6 Å². The number of carbonyl (C=O) groups is 1. The molecule has 1 aromatic rings. The van der Waals surface area contributed by atoms with Gasteiger partial charge >= 0.3 is 0 Å². The lowest BCUT2D eigenvalue weighted by Gasteiger charge is -2.39. The topological polar surface area (TPSA) is 96.0 Å². The summed E-state index contributed by atoms with van der Waals surface area (Å²) in [5.41, 5.74) is 0.109. The van der Waals surface area contributed by atoms with Gasteiger partial charge < -0.3 is 5.32 Å². The van der Waals surface area contributed by atoms with E-state index in [1.165, 1.54) is 12.1 Å². The number of nitro groups is 1. The van der Waals surface area contributed by atoms with Gasteiger partial charge in [0.25, 0.3) is 5.69 Å². The second-order valence-electron chi connectivity index (χ2n) is 5.64. The molecule has 1 fully saturated rings. The molecule has 0 atom stereocenters. The first-order valence-electron chi connectivity index (χ1n) is 6.90. The average Bonchev–Trinajstić information content (AvgIpc) is 2.44. The fourth-order valence-corrected chi connectivity index (χ4v) is 2.73. The van der Waals surface area contributed by atoms with Crippen LogP contribution in [-0.2, 0) is 11.2 Å². The Labute approximate surface area is 122 Å². The van der Waals surface area contributed by atoms with Gasteiger partial charge in [-0.15, -0.1) is 0 Å². The number of non-ortho nitro benzene ring substituents is 1. The average molecular weight is 287 g/mol. The number of nitriles is 1. The van der Waals surface area contributed by atoms with Gasteiger partial charge in [-0.3, -0.25) is 14.9 Å². The van der Waals surface area contributed by atoms with Crippen LogP contribution in [0, 0.1) is 32.8 Å². The van der Waals surface area contributed by atoms with E-state index in [9.17, 15) is 14.9 Å². The summed E-state index contributed by atoms with van der Waals surface area (Å²) in [4.78, 5) is 22.1. The minimum Gasteiger partial charge on any atom is -0.354 e. The highest BCUT2D eigenvalue weighted by Crippen LogP contribution is 2.44. The van der Waals surface area contributed by atoms with Crippen molar-refractivity contribution >= 4 is 11.6 Å². The normalized spacial score (nSPS) is 23.7. The van der Waals surface area contributed by atoms with Crippen LogP contribution in [-0.4, -0.2) is 17.4 Å². The summed E-state index contributed by atoms with van der Waals surface area (Å²) in [6.45, 7) is 2.45.